The molecular weight excluding hydrogens is 308 g/mol. The van der Waals surface area contributed by atoms with Gasteiger partial charge < -0.3 is 15.6 Å². The molecule has 0 atom stereocenters. The first-order valence-electron chi connectivity index (χ1n) is 8.11. The first-order valence-corrected chi connectivity index (χ1v) is 8.11. The molecule has 0 radical (unpaired) electrons. The number of amides is 2. The summed E-state index contributed by atoms with van der Waals surface area (Å²) in [6, 6.07) is 7.13. The molecule has 24 heavy (non-hydrogen) atoms. The Bertz CT molecular complexity index is 770. The number of fused-ring (bicyclic) bond motifs is 1. The van der Waals surface area contributed by atoms with E-state index in [1.54, 1.807) is 18.2 Å². The lowest BCUT2D eigenvalue weighted by Gasteiger charge is -2.06. The Kier molecular flexibility index (Phi) is 6.48. The Labute approximate surface area is 139 Å². The van der Waals surface area contributed by atoms with Gasteiger partial charge in [-0.15, -0.1) is 0 Å². The zero-order valence-electron chi connectivity index (χ0n) is 13.7. The number of hydrogen-bond donors (Lipinski definition) is 3. The van der Waals surface area contributed by atoms with Gasteiger partial charge in [0.2, 0.25) is 11.8 Å². The molecule has 0 aliphatic heterocycles. The Morgan fingerprint density at radius 1 is 1.17 bits per heavy atom. The third-order valence-corrected chi connectivity index (χ3v) is 3.50. The zero-order valence-corrected chi connectivity index (χ0v) is 13.7. The molecule has 0 unspecified atom stereocenters. The topological polar surface area (TPSA) is 104 Å². The van der Waals surface area contributed by atoms with Gasteiger partial charge in [0, 0.05) is 19.4 Å². The van der Waals surface area contributed by atoms with Gasteiger partial charge in [-0.05, 0) is 25.0 Å². The molecule has 1 heterocycles. The van der Waals surface area contributed by atoms with E-state index in [1.165, 1.54) is 0 Å². The summed E-state index contributed by atoms with van der Waals surface area (Å²) >= 11 is 0. The highest BCUT2D eigenvalue weighted by Gasteiger charge is 2.07. The minimum Gasteiger partial charge on any atom is -0.355 e. The number of aromatic amines is 1. The second-order valence-corrected chi connectivity index (χ2v) is 5.51. The van der Waals surface area contributed by atoms with Crippen molar-refractivity contribution in [3.63, 3.8) is 0 Å². The Balaban J connectivity index is 1.79. The molecule has 128 valence electrons. The van der Waals surface area contributed by atoms with E-state index >= 15 is 0 Å². The highest BCUT2D eigenvalue weighted by atomic mass is 16.2. The quantitative estimate of drug-likeness (QED) is 0.668. The molecule has 2 amide bonds. The number of hydrogen-bond acceptors (Lipinski definition) is 4. The fraction of sp³-hybridized carbons (Fsp3) is 0.412. The summed E-state index contributed by atoms with van der Waals surface area (Å²) in [5.41, 5.74) is 0.473. The van der Waals surface area contributed by atoms with Crippen LogP contribution in [0.4, 0.5) is 0 Å². The van der Waals surface area contributed by atoms with Crippen LogP contribution in [0.1, 0.15) is 32.0 Å². The van der Waals surface area contributed by atoms with Crippen molar-refractivity contribution in [1.82, 2.24) is 20.6 Å². The number of nitrogens with zero attached hydrogens (tertiary/aromatic N) is 1. The van der Waals surface area contributed by atoms with Gasteiger partial charge in [-0.2, -0.15) is 0 Å². The highest BCUT2D eigenvalue weighted by Crippen LogP contribution is 2.07. The summed E-state index contributed by atoms with van der Waals surface area (Å²) in [6.07, 6.45) is 2.17. The van der Waals surface area contributed by atoms with Crippen LogP contribution < -0.4 is 16.2 Å². The molecule has 7 nitrogen and oxygen atoms in total. The molecule has 1 aromatic heterocycles. The number of aromatic nitrogens is 2. The van der Waals surface area contributed by atoms with Crippen LogP contribution in [0.15, 0.2) is 29.1 Å². The maximum atomic E-state index is 11.9. The van der Waals surface area contributed by atoms with E-state index in [1.807, 2.05) is 13.0 Å². The Hall–Kier alpha value is -2.70. The summed E-state index contributed by atoms with van der Waals surface area (Å²) in [7, 11) is 0. The van der Waals surface area contributed by atoms with Gasteiger partial charge in [0.1, 0.15) is 5.82 Å². The number of aryl methyl sites for hydroxylation is 1. The summed E-state index contributed by atoms with van der Waals surface area (Å²) in [5.74, 6) is 0.183. The largest absolute Gasteiger partial charge is 0.355 e. The van der Waals surface area contributed by atoms with E-state index in [9.17, 15) is 14.4 Å². The van der Waals surface area contributed by atoms with Crippen LogP contribution >= 0.6 is 0 Å². The minimum atomic E-state index is -0.190. The fourth-order valence-corrected chi connectivity index (χ4v) is 2.26. The molecule has 0 aliphatic rings. The van der Waals surface area contributed by atoms with Gasteiger partial charge in [-0.3, -0.25) is 14.4 Å². The number of para-hydroxylation sites is 1. The standard InChI is InChI=1S/C17H22N4O3/c1-2-10-18-16(23)11-19-15(22)9-5-8-14-20-13-7-4-3-6-12(13)17(24)21-14/h3-4,6-7H,2,5,8-11H2,1H3,(H,18,23)(H,19,22)(H,20,21,24). The van der Waals surface area contributed by atoms with E-state index in [0.717, 1.165) is 6.42 Å². The third kappa shape index (κ3) is 5.19. The lowest BCUT2D eigenvalue weighted by atomic mass is 10.2. The maximum Gasteiger partial charge on any atom is 0.258 e. The zero-order chi connectivity index (χ0) is 17.4. The van der Waals surface area contributed by atoms with Gasteiger partial charge >= 0.3 is 0 Å². The molecule has 2 rings (SSSR count). The predicted octanol–water partition coefficient (Wildman–Crippen LogP) is 0.888. The molecule has 1 aromatic carbocycles. The van der Waals surface area contributed by atoms with Crippen molar-refractivity contribution in [2.75, 3.05) is 13.1 Å². The molecule has 2 aromatic rings. The summed E-state index contributed by atoms with van der Waals surface area (Å²) in [6.45, 7) is 2.56. The van der Waals surface area contributed by atoms with Gasteiger partial charge in [0.25, 0.3) is 5.56 Å². The fourth-order valence-electron chi connectivity index (χ4n) is 2.26. The van der Waals surface area contributed by atoms with Crippen molar-refractivity contribution < 1.29 is 9.59 Å². The van der Waals surface area contributed by atoms with Gasteiger partial charge in [-0.1, -0.05) is 19.1 Å². The van der Waals surface area contributed by atoms with Gasteiger partial charge in [-0.25, -0.2) is 4.98 Å². The van der Waals surface area contributed by atoms with Crippen LogP contribution in [0, 0.1) is 0 Å². The van der Waals surface area contributed by atoms with E-state index in [-0.39, 0.29) is 30.3 Å². The molecule has 3 N–H and O–H groups in total. The monoisotopic (exact) mass is 330 g/mol. The molecule has 0 aliphatic carbocycles. The molecule has 7 heteroatoms. The third-order valence-electron chi connectivity index (χ3n) is 3.50. The summed E-state index contributed by atoms with van der Waals surface area (Å²) in [5, 5.41) is 5.82. The average Bonchev–Trinajstić information content (AvgIpc) is 2.58. The molecule has 0 saturated heterocycles. The Morgan fingerprint density at radius 2 is 1.96 bits per heavy atom. The second-order valence-electron chi connectivity index (χ2n) is 5.51. The van der Waals surface area contributed by atoms with Crippen LogP contribution in [0.25, 0.3) is 10.9 Å². The van der Waals surface area contributed by atoms with Gasteiger partial charge in [0.15, 0.2) is 0 Å². The molecular formula is C17H22N4O3. The maximum absolute atomic E-state index is 11.9. The second kappa shape index (κ2) is 8.81. The van der Waals surface area contributed by atoms with E-state index in [2.05, 4.69) is 20.6 Å². The summed E-state index contributed by atoms with van der Waals surface area (Å²) < 4.78 is 0. The van der Waals surface area contributed by atoms with Crippen LogP contribution in [0.3, 0.4) is 0 Å². The highest BCUT2D eigenvalue weighted by molar-refractivity contribution is 5.84. The van der Waals surface area contributed by atoms with Crippen molar-refractivity contribution in [3.05, 3.63) is 40.4 Å². The van der Waals surface area contributed by atoms with Crippen LogP contribution in [-0.2, 0) is 16.0 Å². The van der Waals surface area contributed by atoms with Crippen molar-refractivity contribution in [2.24, 2.45) is 0 Å². The number of rotatable bonds is 8. The van der Waals surface area contributed by atoms with Crippen LogP contribution in [0.5, 0.6) is 0 Å². The lowest BCUT2D eigenvalue weighted by Crippen LogP contribution is -2.37. The van der Waals surface area contributed by atoms with E-state index in [0.29, 0.717) is 36.1 Å². The van der Waals surface area contributed by atoms with Crippen molar-refractivity contribution in [2.45, 2.75) is 32.6 Å². The van der Waals surface area contributed by atoms with Crippen LogP contribution in [-0.4, -0.2) is 34.9 Å². The normalized spacial score (nSPS) is 10.5. The molecule has 0 spiro atoms. The number of benzene rings is 1. The van der Waals surface area contributed by atoms with Crippen molar-refractivity contribution in [3.8, 4) is 0 Å². The number of nitrogens with one attached hydrogen (secondary N) is 3. The van der Waals surface area contributed by atoms with Crippen LogP contribution in [0.2, 0.25) is 0 Å². The Morgan fingerprint density at radius 3 is 2.75 bits per heavy atom. The van der Waals surface area contributed by atoms with Crippen molar-refractivity contribution >= 4 is 22.7 Å². The SMILES string of the molecule is CCCNC(=O)CNC(=O)CCCc1nc2ccccc2c(=O)[nH]1. The average molecular weight is 330 g/mol. The number of carbonyl (C=O) groups excluding carboxylic acids is 2. The molecule has 0 saturated carbocycles. The summed E-state index contributed by atoms with van der Waals surface area (Å²) in [4.78, 5) is 42.2. The molecule has 0 fully saturated rings. The van der Waals surface area contributed by atoms with E-state index in [4.69, 9.17) is 0 Å². The number of H-pyrrole nitrogens is 1. The first-order chi connectivity index (χ1) is 11.6. The lowest BCUT2D eigenvalue weighted by molar-refractivity contribution is -0.126. The first kappa shape index (κ1) is 17.7. The minimum absolute atomic E-state index is 0.0100. The van der Waals surface area contributed by atoms with E-state index < -0.39 is 0 Å². The predicted molar refractivity (Wildman–Crippen MR) is 91.6 cm³/mol. The van der Waals surface area contributed by atoms with Gasteiger partial charge in [0.05, 0.1) is 17.4 Å². The smallest absolute Gasteiger partial charge is 0.258 e. The number of carbonyl (C=O) groups is 2. The molecule has 0 bridgehead atoms. The van der Waals surface area contributed by atoms with Crippen molar-refractivity contribution in [1.29, 1.82) is 0 Å².